The summed E-state index contributed by atoms with van der Waals surface area (Å²) in [6, 6.07) is 1.47. The highest BCUT2D eigenvalue weighted by atomic mass is 19.1. The van der Waals surface area contributed by atoms with E-state index in [1.807, 2.05) is 10.6 Å². The number of amides is 3. The molecule has 0 saturated heterocycles. The van der Waals surface area contributed by atoms with Gasteiger partial charge in [0.25, 0.3) is 0 Å². The van der Waals surface area contributed by atoms with Crippen LogP contribution in [-0.4, -0.2) is 23.0 Å². The van der Waals surface area contributed by atoms with Gasteiger partial charge in [-0.15, -0.1) is 0 Å². The Hall–Kier alpha value is -2.51. The number of carboxylic acids is 1. The molecule has 3 N–H and O–H groups in total. The van der Waals surface area contributed by atoms with Gasteiger partial charge in [0.2, 0.25) is 5.91 Å². The summed E-state index contributed by atoms with van der Waals surface area (Å²) in [6.45, 7) is 0. The topological polar surface area (TPSA) is 95.5 Å². The number of rotatable bonds is 4. The second-order valence-corrected chi connectivity index (χ2v) is 3.52. The van der Waals surface area contributed by atoms with Crippen molar-refractivity contribution in [1.82, 2.24) is 5.32 Å². The molecule has 0 atom stereocenters. The van der Waals surface area contributed by atoms with Gasteiger partial charge in [0, 0.05) is 12.5 Å². The molecule has 19 heavy (non-hydrogen) atoms. The molecule has 0 unspecified atom stereocenters. The van der Waals surface area contributed by atoms with Crippen molar-refractivity contribution in [1.29, 1.82) is 0 Å². The number of carbonyl (C=O) groups is 3. The average Bonchev–Trinajstić information content (AvgIpc) is 2.30. The third-order valence-electron chi connectivity index (χ3n) is 2.00. The van der Waals surface area contributed by atoms with E-state index in [1.165, 1.54) is 0 Å². The zero-order chi connectivity index (χ0) is 14.4. The summed E-state index contributed by atoms with van der Waals surface area (Å²) in [5.74, 6) is -3.79. The Morgan fingerprint density at radius 2 is 1.84 bits per heavy atom. The van der Waals surface area contributed by atoms with E-state index in [0.717, 1.165) is 12.1 Å². The summed E-state index contributed by atoms with van der Waals surface area (Å²) >= 11 is 0. The summed E-state index contributed by atoms with van der Waals surface area (Å²) < 4.78 is 25.8. The molecule has 0 fully saturated rings. The van der Waals surface area contributed by atoms with E-state index < -0.39 is 36.0 Å². The van der Waals surface area contributed by atoms with E-state index in [2.05, 4.69) is 0 Å². The van der Waals surface area contributed by atoms with Crippen molar-refractivity contribution in [3.8, 4) is 0 Å². The lowest BCUT2D eigenvalue weighted by Crippen LogP contribution is -2.34. The van der Waals surface area contributed by atoms with Crippen LogP contribution < -0.4 is 10.6 Å². The van der Waals surface area contributed by atoms with E-state index in [1.54, 1.807) is 0 Å². The van der Waals surface area contributed by atoms with Gasteiger partial charge in [-0.2, -0.15) is 0 Å². The number of aliphatic carboxylic acids is 1. The first kappa shape index (κ1) is 14.6. The quantitative estimate of drug-likeness (QED) is 0.773. The Morgan fingerprint density at radius 3 is 2.42 bits per heavy atom. The molecule has 6 nitrogen and oxygen atoms in total. The molecule has 0 aromatic heterocycles. The van der Waals surface area contributed by atoms with Crippen molar-refractivity contribution >= 4 is 23.6 Å². The number of imide groups is 1. The largest absolute Gasteiger partial charge is 0.481 e. The van der Waals surface area contributed by atoms with Crippen molar-refractivity contribution < 1.29 is 28.3 Å². The number of carboxylic acid groups (broad SMARTS) is 1. The Bertz CT molecular complexity index is 519. The fourth-order valence-electron chi connectivity index (χ4n) is 1.15. The fourth-order valence-corrected chi connectivity index (χ4v) is 1.15. The highest BCUT2D eigenvalue weighted by Crippen LogP contribution is 2.14. The Balaban J connectivity index is 2.51. The van der Waals surface area contributed by atoms with Gasteiger partial charge in [0.05, 0.1) is 12.1 Å². The van der Waals surface area contributed by atoms with Gasteiger partial charge in [-0.05, 0) is 12.1 Å². The Kier molecular flexibility index (Phi) is 4.92. The van der Waals surface area contributed by atoms with Crippen LogP contribution in [0.15, 0.2) is 18.2 Å². The minimum atomic E-state index is -1.18. The number of hydrogen-bond acceptors (Lipinski definition) is 3. The van der Waals surface area contributed by atoms with Gasteiger partial charge in [-0.1, -0.05) is 0 Å². The molecule has 1 aromatic rings. The zero-order valence-electron chi connectivity index (χ0n) is 9.57. The lowest BCUT2D eigenvalue weighted by Gasteiger charge is -2.07. The summed E-state index contributed by atoms with van der Waals surface area (Å²) in [7, 11) is 0. The zero-order valence-corrected chi connectivity index (χ0v) is 9.57. The highest BCUT2D eigenvalue weighted by Gasteiger charge is 2.11. The molecule has 0 heterocycles. The number of benzene rings is 1. The smallest absolute Gasteiger partial charge is 0.325 e. The molecule has 8 heteroatoms. The van der Waals surface area contributed by atoms with Crippen LogP contribution in [0.25, 0.3) is 0 Å². The number of anilines is 1. The summed E-state index contributed by atoms with van der Waals surface area (Å²) in [5, 5.41) is 12.1. The number of urea groups is 1. The molecular weight excluding hydrogens is 262 g/mol. The minimum absolute atomic E-state index is 0.301. The number of nitrogens with one attached hydrogen (secondary N) is 2. The van der Waals surface area contributed by atoms with Gasteiger partial charge in [-0.25, -0.2) is 13.6 Å². The number of hydrogen-bond donors (Lipinski definition) is 3. The standard InChI is InChI=1S/C11H10F2N2O4/c12-6-1-2-8(7(13)5-6)14-11(19)15-9(16)3-4-10(17)18/h1-2,5H,3-4H2,(H,17,18)(H2,14,15,16,19). The summed E-state index contributed by atoms with van der Waals surface area (Å²) in [5.41, 5.74) is -0.301. The van der Waals surface area contributed by atoms with Crippen LogP contribution >= 0.6 is 0 Å². The normalized spacial score (nSPS) is 9.79. The van der Waals surface area contributed by atoms with Crippen LogP contribution in [0.3, 0.4) is 0 Å². The summed E-state index contributed by atoms with van der Waals surface area (Å²) in [6.07, 6.45) is -0.807. The fraction of sp³-hybridized carbons (Fsp3) is 0.182. The van der Waals surface area contributed by atoms with E-state index in [9.17, 15) is 23.2 Å². The van der Waals surface area contributed by atoms with E-state index in [4.69, 9.17) is 5.11 Å². The molecule has 0 saturated carbocycles. The molecule has 0 aliphatic heterocycles. The maximum Gasteiger partial charge on any atom is 0.325 e. The van der Waals surface area contributed by atoms with E-state index in [-0.39, 0.29) is 12.1 Å². The number of carbonyl (C=O) groups excluding carboxylic acids is 2. The van der Waals surface area contributed by atoms with Crippen molar-refractivity contribution in [2.24, 2.45) is 0 Å². The van der Waals surface area contributed by atoms with Crippen molar-refractivity contribution in [3.63, 3.8) is 0 Å². The maximum atomic E-state index is 13.2. The molecule has 1 rings (SSSR count). The third kappa shape index (κ3) is 5.11. The molecule has 3 amide bonds. The lowest BCUT2D eigenvalue weighted by molar-refractivity contribution is -0.138. The number of halogens is 2. The van der Waals surface area contributed by atoms with Crippen LogP contribution in [0.1, 0.15) is 12.8 Å². The van der Waals surface area contributed by atoms with Crippen LogP contribution in [0.4, 0.5) is 19.3 Å². The van der Waals surface area contributed by atoms with Crippen molar-refractivity contribution in [2.75, 3.05) is 5.32 Å². The van der Waals surface area contributed by atoms with Crippen molar-refractivity contribution in [2.45, 2.75) is 12.8 Å². The monoisotopic (exact) mass is 272 g/mol. The van der Waals surface area contributed by atoms with Gasteiger partial charge in [-0.3, -0.25) is 14.9 Å². The Morgan fingerprint density at radius 1 is 1.16 bits per heavy atom. The maximum absolute atomic E-state index is 13.2. The van der Waals surface area contributed by atoms with Crippen molar-refractivity contribution in [3.05, 3.63) is 29.8 Å². The summed E-state index contributed by atoms with van der Waals surface area (Å²) in [4.78, 5) is 32.5. The molecule has 1 aromatic carbocycles. The SMILES string of the molecule is O=C(O)CCC(=O)NC(=O)Nc1ccc(F)cc1F. The third-order valence-corrected chi connectivity index (χ3v) is 2.00. The van der Waals surface area contributed by atoms with Gasteiger partial charge >= 0.3 is 12.0 Å². The van der Waals surface area contributed by atoms with Crippen LogP contribution in [-0.2, 0) is 9.59 Å². The van der Waals surface area contributed by atoms with Crippen LogP contribution in [0.5, 0.6) is 0 Å². The highest BCUT2D eigenvalue weighted by molar-refractivity contribution is 6.01. The van der Waals surface area contributed by atoms with Crippen LogP contribution in [0.2, 0.25) is 0 Å². The average molecular weight is 272 g/mol. The minimum Gasteiger partial charge on any atom is -0.481 e. The Labute approximate surface area is 106 Å². The van der Waals surface area contributed by atoms with E-state index >= 15 is 0 Å². The predicted octanol–water partition coefficient (Wildman–Crippen LogP) is 1.48. The first-order valence-corrected chi connectivity index (χ1v) is 5.16. The molecule has 0 radical (unpaired) electrons. The first-order chi connectivity index (χ1) is 8.88. The lowest BCUT2D eigenvalue weighted by atomic mass is 10.3. The molecule has 102 valence electrons. The van der Waals surface area contributed by atoms with Crippen LogP contribution in [0, 0.1) is 11.6 Å². The molecule has 0 aliphatic carbocycles. The van der Waals surface area contributed by atoms with Gasteiger partial charge in [0.1, 0.15) is 11.6 Å². The van der Waals surface area contributed by atoms with Gasteiger partial charge in [0.15, 0.2) is 0 Å². The second-order valence-electron chi connectivity index (χ2n) is 3.52. The molecular formula is C11H10F2N2O4. The first-order valence-electron chi connectivity index (χ1n) is 5.16. The van der Waals surface area contributed by atoms with E-state index in [0.29, 0.717) is 6.07 Å². The molecule has 0 spiro atoms. The molecule has 0 aliphatic rings. The predicted molar refractivity (Wildman–Crippen MR) is 60.4 cm³/mol. The van der Waals surface area contributed by atoms with Gasteiger partial charge < -0.3 is 10.4 Å². The second kappa shape index (κ2) is 6.43. The molecule has 0 bridgehead atoms.